The Morgan fingerprint density at radius 2 is 2.24 bits per heavy atom. The van der Waals surface area contributed by atoms with Gasteiger partial charge in [0.2, 0.25) is 0 Å². The summed E-state index contributed by atoms with van der Waals surface area (Å²) < 4.78 is 5.15. The molecule has 6 nitrogen and oxygen atoms in total. The third kappa shape index (κ3) is 3.79. The highest BCUT2D eigenvalue weighted by Gasteiger charge is 2.31. The average Bonchev–Trinajstić information content (AvgIpc) is 2.78. The lowest BCUT2D eigenvalue weighted by atomic mass is 10.1. The number of ether oxygens (including phenoxy) is 1. The third-order valence-electron chi connectivity index (χ3n) is 3.23. The van der Waals surface area contributed by atoms with Gasteiger partial charge in [0.15, 0.2) is 6.10 Å². The number of morpholine rings is 1. The smallest absolute Gasteiger partial charge is 0.334 e. The van der Waals surface area contributed by atoms with Crippen LogP contribution in [0.1, 0.15) is 34.2 Å². The fraction of sp³-hybridized carbons (Fsp3) is 0.643. The molecule has 0 saturated carbocycles. The Hall–Kier alpha value is -1.47. The zero-order chi connectivity index (χ0) is 15.6. The number of thiazole rings is 1. The maximum absolute atomic E-state index is 12.6. The van der Waals surface area contributed by atoms with Crippen LogP contribution in [0.15, 0.2) is 0 Å². The van der Waals surface area contributed by atoms with Crippen LogP contribution in [0.3, 0.4) is 0 Å². The number of carbonyl (C=O) groups excluding carboxylic acids is 1. The molecule has 21 heavy (non-hydrogen) atoms. The summed E-state index contributed by atoms with van der Waals surface area (Å²) in [5.74, 6) is -0.754. The predicted molar refractivity (Wildman–Crippen MR) is 78.7 cm³/mol. The van der Waals surface area contributed by atoms with Crippen LogP contribution < -0.4 is 0 Å². The van der Waals surface area contributed by atoms with Crippen LogP contribution in [0.2, 0.25) is 0 Å². The highest BCUT2D eigenvalue weighted by atomic mass is 32.1. The number of nitrogens with zero attached hydrogens (tertiary/aromatic N) is 2. The van der Waals surface area contributed by atoms with Crippen molar-refractivity contribution in [3.8, 4) is 0 Å². The molecule has 0 radical (unpaired) electrons. The molecular weight excluding hydrogens is 292 g/mol. The van der Waals surface area contributed by atoms with Crippen molar-refractivity contribution in [1.29, 1.82) is 0 Å². The first-order chi connectivity index (χ1) is 9.88. The standard InChI is InChI=1S/C14H20N2O4S/c1-8(2)6-10-12(21-9(3)15-10)13(17)16-4-5-20-11(7-16)14(18)19/h8,11H,4-7H2,1-3H3,(H,18,19)/t11-/m0/s1. The summed E-state index contributed by atoms with van der Waals surface area (Å²) in [6.07, 6.45) is -0.191. The predicted octanol–water partition coefficient (Wildman–Crippen LogP) is 1.58. The van der Waals surface area contributed by atoms with Gasteiger partial charge in [-0.2, -0.15) is 0 Å². The highest BCUT2D eigenvalue weighted by molar-refractivity contribution is 7.13. The number of carboxylic acids is 1. The molecule has 0 unspecified atom stereocenters. The van der Waals surface area contributed by atoms with E-state index in [1.54, 1.807) is 4.90 Å². The second-order valence-corrected chi connectivity index (χ2v) is 6.76. The molecule has 7 heteroatoms. The summed E-state index contributed by atoms with van der Waals surface area (Å²) in [7, 11) is 0. The van der Waals surface area contributed by atoms with Crippen molar-refractivity contribution in [2.75, 3.05) is 19.7 Å². The van der Waals surface area contributed by atoms with Crippen molar-refractivity contribution in [1.82, 2.24) is 9.88 Å². The molecule has 1 saturated heterocycles. The number of aromatic nitrogens is 1. The molecular formula is C14H20N2O4S. The van der Waals surface area contributed by atoms with Gasteiger partial charge in [-0.05, 0) is 19.3 Å². The van der Waals surface area contributed by atoms with Crippen LogP contribution in [0.5, 0.6) is 0 Å². The van der Waals surface area contributed by atoms with Crippen LogP contribution in [0.25, 0.3) is 0 Å². The van der Waals surface area contributed by atoms with E-state index in [-0.39, 0.29) is 19.1 Å². The summed E-state index contributed by atoms with van der Waals surface area (Å²) in [5, 5.41) is 9.87. The van der Waals surface area contributed by atoms with E-state index in [0.717, 1.165) is 17.1 Å². The largest absolute Gasteiger partial charge is 0.479 e. The van der Waals surface area contributed by atoms with E-state index < -0.39 is 12.1 Å². The molecule has 0 spiro atoms. The first-order valence-corrected chi connectivity index (χ1v) is 7.80. The quantitative estimate of drug-likeness (QED) is 0.913. The van der Waals surface area contributed by atoms with Crippen LogP contribution in [0.4, 0.5) is 0 Å². The van der Waals surface area contributed by atoms with E-state index in [4.69, 9.17) is 9.84 Å². The summed E-state index contributed by atoms with van der Waals surface area (Å²) in [6, 6.07) is 0. The molecule has 1 aromatic heterocycles. The molecule has 1 aliphatic heterocycles. The van der Waals surface area contributed by atoms with Crippen LogP contribution >= 0.6 is 11.3 Å². The molecule has 116 valence electrons. The van der Waals surface area contributed by atoms with E-state index in [2.05, 4.69) is 18.8 Å². The molecule has 2 heterocycles. The fourth-order valence-corrected chi connectivity index (χ4v) is 3.20. The molecule has 0 bridgehead atoms. The van der Waals surface area contributed by atoms with Gasteiger partial charge in [-0.25, -0.2) is 9.78 Å². The van der Waals surface area contributed by atoms with Gasteiger partial charge in [-0.1, -0.05) is 13.8 Å². The Morgan fingerprint density at radius 1 is 1.52 bits per heavy atom. The van der Waals surface area contributed by atoms with Crippen molar-refractivity contribution >= 4 is 23.2 Å². The topological polar surface area (TPSA) is 79.7 Å². The Kier molecular flexibility index (Phi) is 4.95. The Bertz CT molecular complexity index is 541. The second-order valence-electron chi connectivity index (χ2n) is 5.56. The van der Waals surface area contributed by atoms with E-state index in [1.165, 1.54) is 11.3 Å². The summed E-state index contributed by atoms with van der Waals surface area (Å²) in [6.45, 7) is 6.80. The van der Waals surface area contributed by atoms with Crippen molar-refractivity contribution in [2.45, 2.75) is 33.3 Å². The first-order valence-electron chi connectivity index (χ1n) is 6.98. The molecule has 1 aromatic rings. The molecule has 1 fully saturated rings. The minimum atomic E-state index is -1.03. The van der Waals surface area contributed by atoms with Crippen molar-refractivity contribution < 1.29 is 19.4 Å². The van der Waals surface area contributed by atoms with E-state index in [9.17, 15) is 9.59 Å². The van der Waals surface area contributed by atoms with Crippen LogP contribution in [-0.2, 0) is 16.0 Å². The van der Waals surface area contributed by atoms with E-state index >= 15 is 0 Å². The van der Waals surface area contributed by atoms with Gasteiger partial charge < -0.3 is 14.7 Å². The Labute approximate surface area is 127 Å². The van der Waals surface area contributed by atoms with E-state index in [0.29, 0.717) is 17.3 Å². The van der Waals surface area contributed by atoms with Gasteiger partial charge in [0.1, 0.15) is 4.88 Å². The molecule has 1 aliphatic rings. The number of hydrogen-bond acceptors (Lipinski definition) is 5. The lowest BCUT2D eigenvalue weighted by Gasteiger charge is -2.30. The summed E-state index contributed by atoms with van der Waals surface area (Å²) >= 11 is 1.38. The molecule has 1 N–H and O–H groups in total. The highest BCUT2D eigenvalue weighted by Crippen LogP contribution is 2.23. The zero-order valence-electron chi connectivity index (χ0n) is 12.5. The lowest BCUT2D eigenvalue weighted by Crippen LogP contribution is -2.48. The normalized spacial score (nSPS) is 19.0. The monoisotopic (exact) mass is 312 g/mol. The maximum atomic E-state index is 12.6. The van der Waals surface area contributed by atoms with Crippen molar-refractivity contribution in [3.63, 3.8) is 0 Å². The van der Waals surface area contributed by atoms with Crippen molar-refractivity contribution in [2.24, 2.45) is 5.92 Å². The van der Waals surface area contributed by atoms with Gasteiger partial charge in [0.25, 0.3) is 5.91 Å². The van der Waals surface area contributed by atoms with E-state index in [1.807, 2.05) is 6.92 Å². The van der Waals surface area contributed by atoms with Crippen LogP contribution in [0, 0.1) is 12.8 Å². The number of carboxylic acid groups (broad SMARTS) is 1. The summed E-state index contributed by atoms with van der Waals surface area (Å²) in [4.78, 5) is 30.3. The van der Waals surface area contributed by atoms with Gasteiger partial charge in [-0.3, -0.25) is 4.79 Å². The number of hydrogen-bond donors (Lipinski definition) is 1. The van der Waals surface area contributed by atoms with Gasteiger partial charge >= 0.3 is 5.97 Å². The number of amides is 1. The van der Waals surface area contributed by atoms with Crippen molar-refractivity contribution in [3.05, 3.63) is 15.6 Å². The fourth-order valence-electron chi connectivity index (χ4n) is 2.29. The first kappa shape index (κ1) is 15.9. The second kappa shape index (κ2) is 6.53. The number of carbonyl (C=O) groups is 2. The average molecular weight is 312 g/mol. The molecule has 1 amide bonds. The SMILES string of the molecule is Cc1nc(CC(C)C)c(C(=O)N2CCO[C@H](C(=O)O)C2)s1. The molecule has 1 atom stereocenters. The minimum absolute atomic E-state index is 0.0895. The minimum Gasteiger partial charge on any atom is -0.479 e. The van der Waals surface area contributed by atoms with Gasteiger partial charge in [0.05, 0.1) is 23.9 Å². The maximum Gasteiger partial charge on any atom is 0.334 e. The number of rotatable bonds is 4. The third-order valence-corrected chi connectivity index (χ3v) is 4.23. The molecule has 2 rings (SSSR count). The van der Waals surface area contributed by atoms with Gasteiger partial charge in [0, 0.05) is 6.54 Å². The lowest BCUT2D eigenvalue weighted by molar-refractivity contribution is -0.154. The molecule has 0 aromatic carbocycles. The molecule has 0 aliphatic carbocycles. The van der Waals surface area contributed by atoms with Gasteiger partial charge in [-0.15, -0.1) is 11.3 Å². The Morgan fingerprint density at radius 3 is 2.86 bits per heavy atom. The number of aryl methyl sites for hydroxylation is 1. The zero-order valence-corrected chi connectivity index (χ0v) is 13.3. The Balaban J connectivity index is 2.17. The van der Waals surface area contributed by atoms with Crippen LogP contribution in [-0.4, -0.2) is 52.7 Å². The summed E-state index contributed by atoms with van der Waals surface area (Å²) in [5.41, 5.74) is 0.816. The number of aliphatic carboxylic acids is 1.